The predicted octanol–water partition coefficient (Wildman–Crippen LogP) is 3.07. The van der Waals surface area contributed by atoms with E-state index in [1.165, 1.54) is 12.8 Å². The van der Waals surface area contributed by atoms with Crippen molar-refractivity contribution >= 4 is 33.5 Å². The molecule has 0 bridgehead atoms. The number of nitrogens with zero attached hydrogens (tertiary/aromatic N) is 3. The molecule has 1 amide bonds. The first-order valence-corrected chi connectivity index (χ1v) is 9.36. The van der Waals surface area contributed by atoms with Gasteiger partial charge in [0.25, 0.3) is 5.91 Å². The third-order valence-electron chi connectivity index (χ3n) is 4.11. The summed E-state index contributed by atoms with van der Waals surface area (Å²) >= 11 is 3.37. The first-order chi connectivity index (χ1) is 12.2. The van der Waals surface area contributed by atoms with Gasteiger partial charge in [0.2, 0.25) is 0 Å². The van der Waals surface area contributed by atoms with Crippen LogP contribution in [0.15, 0.2) is 41.1 Å². The first-order valence-electron chi connectivity index (χ1n) is 8.57. The number of hydrogen-bond acceptors (Lipinski definition) is 5. The zero-order chi connectivity index (χ0) is 17.5. The van der Waals surface area contributed by atoms with Gasteiger partial charge in [0.1, 0.15) is 18.0 Å². The van der Waals surface area contributed by atoms with E-state index in [0.717, 1.165) is 42.2 Å². The van der Waals surface area contributed by atoms with E-state index in [4.69, 9.17) is 0 Å². The molecule has 132 valence electrons. The Kier molecular flexibility index (Phi) is 6.22. The number of carbonyl (C=O) groups is 1. The molecule has 1 fully saturated rings. The number of hydrogen-bond donors (Lipinski definition) is 2. The van der Waals surface area contributed by atoms with E-state index in [0.29, 0.717) is 12.1 Å². The summed E-state index contributed by atoms with van der Waals surface area (Å²) in [5.41, 5.74) is 0.661. The lowest BCUT2D eigenvalue weighted by molar-refractivity contribution is 0.0953. The topological polar surface area (TPSA) is 70.2 Å². The van der Waals surface area contributed by atoms with Crippen molar-refractivity contribution in [3.8, 4) is 0 Å². The van der Waals surface area contributed by atoms with Crippen molar-refractivity contribution in [2.75, 3.05) is 36.4 Å². The van der Waals surface area contributed by atoms with E-state index in [1.54, 1.807) is 12.4 Å². The number of halogens is 1. The number of nitrogens with one attached hydrogen (secondary N) is 2. The molecule has 2 N–H and O–H groups in total. The second kappa shape index (κ2) is 8.80. The van der Waals surface area contributed by atoms with Crippen molar-refractivity contribution in [1.82, 2.24) is 15.3 Å². The monoisotopic (exact) mass is 403 g/mol. The van der Waals surface area contributed by atoms with Crippen LogP contribution < -0.4 is 15.5 Å². The summed E-state index contributed by atoms with van der Waals surface area (Å²) in [6, 6.07) is 9.37. The smallest absolute Gasteiger partial charge is 0.251 e. The summed E-state index contributed by atoms with van der Waals surface area (Å²) < 4.78 is 0.902. The Bertz CT molecular complexity index is 718. The van der Waals surface area contributed by atoms with E-state index in [9.17, 15) is 4.79 Å². The molecule has 1 saturated heterocycles. The number of benzene rings is 1. The summed E-state index contributed by atoms with van der Waals surface area (Å²) in [7, 11) is 0. The summed E-state index contributed by atoms with van der Waals surface area (Å²) in [6.07, 6.45) is 4.88. The fourth-order valence-electron chi connectivity index (χ4n) is 2.80. The van der Waals surface area contributed by atoms with Gasteiger partial charge in [-0.15, -0.1) is 0 Å². The van der Waals surface area contributed by atoms with E-state index in [-0.39, 0.29) is 5.91 Å². The van der Waals surface area contributed by atoms with Crippen molar-refractivity contribution in [2.24, 2.45) is 0 Å². The Balaban J connectivity index is 1.40. The molecule has 6 nitrogen and oxygen atoms in total. The van der Waals surface area contributed by atoms with Gasteiger partial charge >= 0.3 is 0 Å². The van der Waals surface area contributed by atoms with Gasteiger partial charge < -0.3 is 15.5 Å². The Morgan fingerprint density at radius 2 is 2.00 bits per heavy atom. The third kappa shape index (κ3) is 5.16. The van der Waals surface area contributed by atoms with Crippen molar-refractivity contribution in [3.05, 3.63) is 46.7 Å². The molecule has 0 unspecified atom stereocenters. The minimum atomic E-state index is -0.0559. The highest BCUT2D eigenvalue weighted by Gasteiger charge is 2.13. The fraction of sp³-hybridized carbons (Fsp3) is 0.389. The average molecular weight is 404 g/mol. The molecule has 0 atom stereocenters. The maximum atomic E-state index is 12.0. The second-order valence-corrected chi connectivity index (χ2v) is 6.92. The molecule has 3 rings (SSSR count). The van der Waals surface area contributed by atoms with Crippen LogP contribution in [-0.2, 0) is 0 Å². The zero-order valence-corrected chi connectivity index (χ0v) is 15.6. The van der Waals surface area contributed by atoms with Crippen molar-refractivity contribution < 1.29 is 4.79 Å². The molecule has 0 aliphatic carbocycles. The molecule has 2 aromatic rings. The van der Waals surface area contributed by atoms with Gasteiger partial charge in [-0.05, 0) is 37.5 Å². The normalized spacial score (nSPS) is 13.7. The highest BCUT2D eigenvalue weighted by Crippen LogP contribution is 2.19. The van der Waals surface area contributed by atoms with Gasteiger partial charge in [-0.3, -0.25) is 4.79 Å². The standard InChI is InChI=1S/C18H22BrN5O/c19-15-6-3-5-14(11-15)18(25)21-8-4-7-20-16-12-17(23-13-22-16)24-9-1-2-10-24/h3,5-6,11-13H,1-2,4,7-10H2,(H,21,25)(H,20,22,23). The van der Waals surface area contributed by atoms with Crippen LogP contribution in [0.25, 0.3) is 0 Å². The lowest BCUT2D eigenvalue weighted by Gasteiger charge is -2.16. The number of amides is 1. The van der Waals surface area contributed by atoms with Gasteiger partial charge in [0.15, 0.2) is 0 Å². The number of aromatic nitrogens is 2. The van der Waals surface area contributed by atoms with E-state index in [1.807, 2.05) is 24.3 Å². The molecule has 7 heteroatoms. The van der Waals surface area contributed by atoms with Crippen molar-refractivity contribution in [1.29, 1.82) is 0 Å². The first kappa shape index (κ1) is 17.7. The second-order valence-electron chi connectivity index (χ2n) is 6.00. The van der Waals surface area contributed by atoms with Crippen molar-refractivity contribution in [3.63, 3.8) is 0 Å². The van der Waals surface area contributed by atoms with Gasteiger partial charge in [0.05, 0.1) is 0 Å². The zero-order valence-electron chi connectivity index (χ0n) is 14.0. The number of carbonyl (C=O) groups excluding carboxylic acids is 1. The van der Waals surface area contributed by atoms with Crippen molar-refractivity contribution in [2.45, 2.75) is 19.3 Å². The van der Waals surface area contributed by atoms with Gasteiger partial charge in [-0.1, -0.05) is 22.0 Å². The molecule has 0 radical (unpaired) electrons. The fourth-order valence-corrected chi connectivity index (χ4v) is 3.20. The van der Waals surface area contributed by atoms with Crippen LogP contribution in [0.4, 0.5) is 11.6 Å². The average Bonchev–Trinajstić information content (AvgIpc) is 3.16. The molecule has 2 heterocycles. The quantitative estimate of drug-likeness (QED) is 0.695. The summed E-state index contributed by atoms with van der Waals surface area (Å²) in [5.74, 6) is 1.76. The van der Waals surface area contributed by atoms with Gasteiger partial charge in [-0.2, -0.15) is 0 Å². The molecular weight excluding hydrogens is 382 g/mol. The van der Waals surface area contributed by atoms with Crippen LogP contribution in [0.1, 0.15) is 29.6 Å². The molecule has 0 spiro atoms. The molecule has 0 saturated carbocycles. The lowest BCUT2D eigenvalue weighted by atomic mass is 10.2. The van der Waals surface area contributed by atoms with Gasteiger partial charge in [0, 0.05) is 42.3 Å². The number of rotatable bonds is 7. The maximum absolute atomic E-state index is 12.0. The molecular formula is C18H22BrN5O. The molecule has 1 aliphatic heterocycles. The van der Waals surface area contributed by atoms with E-state index in [2.05, 4.69) is 41.4 Å². The van der Waals surface area contributed by atoms with Crippen LogP contribution in [-0.4, -0.2) is 42.1 Å². The SMILES string of the molecule is O=C(NCCCNc1cc(N2CCCC2)ncn1)c1cccc(Br)c1. The minimum Gasteiger partial charge on any atom is -0.370 e. The summed E-state index contributed by atoms with van der Waals surface area (Å²) in [4.78, 5) is 22.9. The molecule has 25 heavy (non-hydrogen) atoms. The Hall–Kier alpha value is -2.15. The summed E-state index contributed by atoms with van der Waals surface area (Å²) in [5, 5.41) is 6.22. The van der Waals surface area contributed by atoms with Gasteiger partial charge in [-0.25, -0.2) is 9.97 Å². The third-order valence-corrected chi connectivity index (χ3v) is 4.61. The molecule has 1 aromatic carbocycles. The highest BCUT2D eigenvalue weighted by molar-refractivity contribution is 9.10. The van der Waals surface area contributed by atoms with E-state index >= 15 is 0 Å². The largest absolute Gasteiger partial charge is 0.370 e. The maximum Gasteiger partial charge on any atom is 0.251 e. The summed E-state index contributed by atoms with van der Waals surface area (Å²) in [6.45, 7) is 3.49. The molecule has 1 aliphatic rings. The van der Waals surface area contributed by atoms with Crippen LogP contribution in [0.5, 0.6) is 0 Å². The number of anilines is 2. The highest BCUT2D eigenvalue weighted by atomic mass is 79.9. The lowest BCUT2D eigenvalue weighted by Crippen LogP contribution is -2.26. The Morgan fingerprint density at radius 3 is 2.80 bits per heavy atom. The van der Waals surface area contributed by atoms with Crippen LogP contribution >= 0.6 is 15.9 Å². The predicted molar refractivity (Wildman–Crippen MR) is 103 cm³/mol. The minimum absolute atomic E-state index is 0.0559. The Labute approximate surface area is 156 Å². The van der Waals surface area contributed by atoms with E-state index < -0.39 is 0 Å². The van der Waals surface area contributed by atoms with Crippen LogP contribution in [0.2, 0.25) is 0 Å². The molecule has 1 aromatic heterocycles. The Morgan fingerprint density at radius 1 is 1.16 bits per heavy atom. The van der Waals surface area contributed by atoms with Crippen LogP contribution in [0.3, 0.4) is 0 Å². The van der Waals surface area contributed by atoms with Crippen LogP contribution in [0, 0.1) is 0 Å².